The molecule has 0 saturated carbocycles. The molecule has 1 heterocycles. The summed E-state index contributed by atoms with van der Waals surface area (Å²) in [6.07, 6.45) is 3.47. The number of piperidine rings is 1. The summed E-state index contributed by atoms with van der Waals surface area (Å²) in [5.41, 5.74) is 3.15. The maximum atomic E-state index is 13.1. The number of rotatable bonds is 12. The quantitative estimate of drug-likeness (QED) is 0.496. The highest BCUT2D eigenvalue weighted by molar-refractivity contribution is 6.02. The number of nitrogens with zero attached hydrogens (tertiary/aromatic N) is 2. The average Bonchev–Trinajstić information content (AvgIpc) is 2.87. The minimum absolute atomic E-state index is 0.0474. The van der Waals surface area contributed by atoms with Crippen LogP contribution in [0.1, 0.15) is 49.0 Å². The lowest BCUT2D eigenvalue weighted by Gasteiger charge is -2.30. The monoisotopic (exact) mass is 466 g/mol. The van der Waals surface area contributed by atoms with Crippen molar-refractivity contribution in [2.45, 2.75) is 39.7 Å². The third-order valence-electron chi connectivity index (χ3n) is 6.17. The van der Waals surface area contributed by atoms with Crippen LogP contribution in [0.15, 0.2) is 48.5 Å². The normalized spacial score (nSPS) is 13.7. The van der Waals surface area contributed by atoms with Gasteiger partial charge in [0.2, 0.25) is 5.91 Å². The molecule has 0 bridgehead atoms. The van der Waals surface area contributed by atoms with Crippen molar-refractivity contribution in [2.24, 2.45) is 0 Å². The van der Waals surface area contributed by atoms with E-state index in [1.165, 1.54) is 6.42 Å². The van der Waals surface area contributed by atoms with Crippen molar-refractivity contribution in [1.82, 2.24) is 10.2 Å². The molecule has 3 rings (SSSR count). The van der Waals surface area contributed by atoms with Crippen LogP contribution in [0.5, 0.6) is 0 Å². The zero-order valence-corrected chi connectivity index (χ0v) is 20.5. The SMILES string of the molecule is CCN(CC)CCNC(=O)c1cc(NC(=O)COCc2ccccc2)ccc1N1CCCCC1. The number of hydrogen-bond donors (Lipinski definition) is 2. The molecule has 7 nitrogen and oxygen atoms in total. The van der Waals surface area contributed by atoms with E-state index in [9.17, 15) is 9.59 Å². The maximum Gasteiger partial charge on any atom is 0.253 e. The molecule has 2 N–H and O–H groups in total. The smallest absolute Gasteiger partial charge is 0.253 e. The molecule has 2 aromatic carbocycles. The first-order valence-electron chi connectivity index (χ1n) is 12.4. The van der Waals surface area contributed by atoms with E-state index in [0.29, 0.717) is 24.4 Å². The van der Waals surface area contributed by atoms with Crippen molar-refractivity contribution in [1.29, 1.82) is 0 Å². The number of ether oxygens (including phenoxy) is 1. The van der Waals surface area contributed by atoms with Gasteiger partial charge in [0, 0.05) is 37.6 Å². The molecule has 1 saturated heterocycles. The van der Waals surface area contributed by atoms with E-state index in [1.807, 2.05) is 42.5 Å². The Morgan fingerprint density at radius 2 is 1.74 bits per heavy atom. The molecule has 1 aliphatic heterocycles. The molecule has 2 aromatic rings. The second-order valence-electron chi connectivity index (χ2n) is 8.59. The van der Waals surface area contributed by atoms with Crippen molar-refractivity contribution in [3.63, 3.8) is 0 Å². The third-order valence-corrected chi connectivity index (χ3v) is 6.17. The Morgan fingerprint density at radius 3 is 2.44 bits per heavy atom. The van der Waals surface area contributed by atoms with Gasteiger partial charge in [-0.15, -0.1) is 0 Å². The molecule has 0 radical (unpaired) electrons. The molecule has 2 amide bonds. The number of carbonyl (C=O) groups excluding carboxylic acids is 2. The largest absolute Gasteiger partial charge is 0.371 e. The van der Waals surface area contributed by atoms with E-state index in [-0.39, 0.29) is 18.4 Å². The number of carbonyl (C=O) groups is 2. The van der Waals surface area contributed by atoms with E-state index >= 15 is 0 Å². The Morgan fingerprint density at radius 1 is 1.00 bits per heavy atom. The van der Waals surface area contributed by atoms with Crippen molar-refractivity contribution < 1.29 is 14.3 Å². The highest BCUT2D eigenvalue weighted by atomic mass is 16.5. The van der Waals surface area contributed by atoms with Crippen LogP contribution < -0.4 is 15.5 Å². The molecule has 0 unspecified atom stereocenters. The van der Waals surface area contributed by atoms with E-state index in [1.54, 1.807) is 6.07 Å². The molecule has 34 heavy (non-hydrogen) atoms. The minimum Gasteiger partial charge on any atom is -0.371 e. The number of benzene rings is 2. The van der Waals surface area contributed by atoms with Crippen LogP contribution in [0.25, 0.3) is 0 Å². The predicted octanol–water partition coefficient (Wildman–Crippen LogP) is 3.90. The zero-order chi connectivity index (χ0) is 24.2. The van der Waals surface area contributed by atoms with Crippen molar-refractivity contribution >= 4 is 23.2 Å². The molecule has 0 atom stereocenters. The lowest BCUT2D eigenvalue weighted by atomic mass is 10.1. The van der Waals surface area contributed by atoms with Gasteiger partial charge in [-0.2, -0.15) is 0 Å². The Kier molecular flexibility index (Phi) is 10.4. The second-order valence-corrected chi connectivity index (χ2v) is 8.59. The van der Waals surface area contributed by atoms with Gasteiger partial charge in [-0.05, 0) is 56.1 Å². The van der Waals surface area contributed by atoms with Crippen LogP contribution in [-0.2, 0) is 16.1 Å². The van der Waals surface area contributed by atoms with Crippen LogP contribution in [0.2, 0.25) is 0 Å². The summed E-state index contributed by atoms with van der Waals surface area (Å²) in [6, 6.07) is 15.4. The maximum absolute atomic E-state index is 13.1. The molecule has 7 heteroatoms. The van der Waals surface area contributed by atoms with Crippen LogP contribution in [-0.4, -0.2) is 62.6 Å². The first kappa shape index (κ1) is 25.7. The average molecular weight is 467 g/mol. The Labute approximate surface area is 203 Å². The minimum atomic E-state index is -0.241. The fraction of sp³-hybridized carbons (Fsp3) is 0.481. The van der Waals surface area contributed by atoms with Crippen LogP contribution >= 0.6 is 0 Å². The molecule has 0 spiro atoms. The standard InChI is InChI=1S/C27H38N4O3/c1-3-30(4-2)18-15-28-27(33)24-19-23(13-14-25(24)31-16-9-6-10-17-31)29-26(32)21-34-20-22-11-7-5-8-12-22/h5,7-8,11-14,19H,3-4,6,9-10,15-18,20-21H2,1-2H3,(H,28,33)(H,29,32). The van der Waals surface area contributed by atoms with Gasteiger partial charge in [-0.3, -0.25) is 9.59 Å². The topological polar surface area (TPSA) is 73.9 Å². The summed E-state index contributed by atoms with van der Waals surface area (Å²) in [7, 11) is 0. The van der Waals surface area contributed by atoms with Crippen molar-refractivity contribution in [3.05, 3.63) is 59.7 Å². The number of anilines is 2. The van der Waals surface area contributed by atoms with Gasteiger partial charge in [-0.1, -0.05) is 44.2 Å². The summed E-state index contributed by atoms with van der Waals surface area (Å²) in [5, 5.41) is 5.94. The Balaban J connectivity index is 1.64. The molecule has 184 valence electrons. The molecule has 0 aliphatic carbocycles. The Hall–Kier alpha value is -2.90. The Bertz CT molecular complexity index is 909. The summed E-state index contributed by atoms with van der Waals surface area (Å²) < 4.78 is 5.54. The highest BCUT2D eigenvalue weighted by Crippen LogP contribution is 2.27. The molecule has 1 fully saturated rings. The van der Waals surface area contributed by atoms with E-state index in [2.05, 4.69) is 34.3 Å². The van der Waals surface area contributed by atoms with Crippen molar-refractivity contribution in [3.8, 4) is 0 Å². The van der Waals surface area contributed by atoms with Gasteiger partial charge in [-0.25, -0.2) is 0 Å². The molecular formula is C27H38N4O3. The first-order chi connectivity index (χ1) is 16.6. The highest BCUT2D eigenvalue weighted by Gasteiger charge is 2.20. The van der Waals surface area contributed by atoms with Gasteiger partial charge < -0.3 is 25.2 Å². The zero-order valence-electron chi connectivity index (χ0n) is 20.5. The lowest BCUT2D eigenvalue weighted by Crippen LogP contribution is -2.36. The number of likely N-dealkylation sites (N-methyl/N-ethyl adjacent to an activating group) is 1. The summed E-state index contributed by atoms with van der Waals surface area (Å²) >= 11 is 0. The number of hydrogen-bond acceptors (Lipinski definition) is 5. The number of nitrogens with one attached hydrogen (secondary N) is 2. The van der Waals surface area contributed by atoms with E-state index < -0.39 is 0 Å². The fourth-order valence-electron chi connectivity index (χ4n) is 4.20. The van der Waals surface area contributed by atoms with Crippen LogP contribution in [0.4, 0.5) is 11.4 Å². The first-order valence-corrected chi connectivity index (χ1v) is 12.4. The molecular weight excluding hydrogens is 428 g/mol. The van der Waals surface area contributed by atoms with E-state index in [0.717, 1.165) is 56.8 Å². The molecule has 0 aromatic heterocycles. The van der Waals surface area contributed by atoms with Gasteiger partial charge in [0.25, 0.3) is 5.91 Å². The van der Waals surface area contributed by atoms with Crippen molar-refractivity contribution in [2.75, 3.05) is 56.1 Å². The van der Waals surface area contributed by atoms with Gasteiger partial charge in [0.05, 0.1) is 12.2 Å². The van der Waals surface area contributed by atoms with E-state index in [4.69, 9.17) is 4.74 Å². The van der Waals surface area contributed by atoms with Crippen LogP contribution in [0.3, 0.4) is 0 Å². The third kappa shape index (κ3) is 7.85. The summed E-state index contributed by atoms with van der Waals surface area (Å²) in [4.78, 5) is 30.1. The summed E-state index contributed by atoms with van der Waals surface area (Å²) in [5.74, 6) is -0.348. The predicted molar refractivity (Wildman–Crippen MR) is 137 cm³/mol. The summed E-state index contributed by atoms with van der Waals surface area (Å²) in [6.45, 7) is 9.77. The number of amides is 2. The second kappa shape index (κ2) is 13.7. The van der Waals surface area contributed by atoms with Gasteiger partial charge in [0.15, 0.2) is 0 Å². The fourth-order valence-corrected chi connectivity index (χ4v) is 4.20. The van der Waals surface area contributed by atoms with Gasteiger partial charge >= 0.3 is 0 Å². The lowest BCUT2D eigenvalue weighted by molar-refractivity contribution is -0.121. The van der Waals surface area contributed by atoms with Crippen LogP contribution in [0, 0.1) is 0 Å². The molecule has 1 aliphatic rings. The van der Waals surface area contributed by atoms with Gasteiger partial charge in [0.1, 0.15) is 6.61 Å².